The molecule has 0 saturated heterocycles. The third-order valence-corrected chi connectivity index (χ3v) is 5.05. The van der Waals surface area contributed by atoms with Gasteiger partial charge in [0.25, 0.3) is 0 Å². The van der Waals surface area contributed by atoms with Crippen molar-refractivity contribution in [2.45, 2.75) is 24.8 Å². The summed E-state index contributed by atoms with van der Waals surface area (Å²) < 4.78 is 0. The van der Waals surface area contributed by atoms with E-state index in [0.717, 1.165) is 27.2 Å². The van der Waals surface area contributed by atoms with Crippen molar-refractivity contribution in [3.63, 3.8) is 0 Å². The van der Waals surface area contributed by atoms with Crippen molar-refractivity contribution in [2.75, 3.05) is 12.3 Å². The molecule has 0 radical (unpaired) electrons. The summed E-state index contributed by atoms with van der Waals surface area (Å²) in [6.07, 6.45) is 0. The number of nitrogens with one attached hydrogen (secondary N) is 1. The van der Waals surface area contributed by atoms with Gasteiger partial charge in [-0.25, -0.2) is 0 Å². The van der Waals surface area contributed by atoms with Crippen LogP contribution < -0.4 is 5.32 Å². The maximum atomic E-state index is 6.22. The van der Waals surface area contributed by atoms with E-state index < -0.39 is 0 Å². The van der Waals surface area contributed by atoms with Crippen LogP contribution in [0.4, 0.5) is 0 Å². The van der Waals surface area contributed by atoms with Gasteiger partial charge in [-0.05, 0) is 37.2 Å². The smallest absolute Gasteiger partial charge is 0.0542 e. The second-order valence-electron chi connectivity index (χ2n) is 4.91. The van der Waals surface area contributed by atoms with E-state index in [-0.39, 0.29) is 0 Å². The van der Waals surface area contributed by atoms with Crippen molar-refractivity contribution in [3.8, 4) is 0 Å². The average molecular weight is 340 g/mol. The maximum Gasteiger partial charge on any atom is 0.0542 e. The normalized spacial score (nSPS) is 12.4. The quantitative estimate of drug-likeness (QED) is 0.673. The molecule has 0 heterocycles. The van der Waals surface area contributed by atoms with Crippen molar-refractivity contribution in [1.82, 2.24) is 5.32 Å². The van der Waals surface area contributed by atoms with Gasteiger partial charge in [0.05, 0.1) is 5.02 Å². The summed E-state index contributed by atoms with van der Waals surface area (Å²) in [6, 6.07) is 14.6. The SMILES string of the molecule is CCNC(CSc1cc(Cl)ccc1Cl)c1ccc(C)cc1. The second kappa shape index (κ2) is 8.09. The van der Waals surface area contributed by atoms with Crippen LogP contribution >= 0.6 is 35.0 Å². The van der Waals surface area contributed by atoms with E-state index in [9.17, 15) is 0 Å². The van der Waals surface area contributed by atoms with E-state index >= 15 is 0 Å². The number of thioether (sulfide) groups is 1. The van der Waals surface area contributed by atoms with Gasteiger partial charge in [-0.1, -0.05) is 60.0 Å². The molecule has 1 atom stereocenters. The summed E-state index contributed by atoms with van der Waals surface area (Å²) >= 11 is 14.0. The summed E-state index contributed by atoms with van der Waals surface area (Å²) in [6.45, 7) is 5.16. The lowest BCUT2D eigenvalue weighted by Crippen LogP contribution is -2.22. The number of hydrogen-bond acceptors (Lipinski definition) is 2. The topological polar surface area (TPSA) is 12.0 Å². The molecule has 2 aromatic rings. The van der Waals surface area contributed by atoms with Gasteiger partial charge in [0.1, 0.15) is 0 Å². The van der Waals surface area contributed by atoms with Crippen LogP contribution in [0, 0.1) is 6.92 Å². The molecule has 1 nitrogen and oxygen atoms in total. The second-order valence-corrected chi connectivity index (χ2v) is 6.81. The van der Waals surface area contributed by atoms with Gasteiger partial charge in [0, 0.05) is 21.7 Å². The molecule has 0 bridgehead atoms. The molecule has 0 aliphatic carbocycles. The summed E-state index contributed by atoms with van der Waals surface area (Å²) in [5.74, 6) is 0.914. The van der Waals surface area contributed by atoms with E-state index in [1.165, 1.54) is 11.1 Å². The summed E-state index contributed by atoms with van der Waals surface area (Å²) in [4.78, 5) is 1.03. The number of aryl methyl sites for hydroxylation is 1. The molecule has 0 aliphatic rings. The summed E-state index contributed by atoms with van der Waals surface area (Å²) in [5, 5.41) is 5.00. The predicted octanol–water partition coefficient (Wildman–Crippen LogP) is 5.74. The minimum atomic E-state index is 0.302. The Balaban J connectivity index is 2.09. The molecular weight excluding hydrogens is 321 g/mol. The fourth-order valence-corrected chi connectivity index (χ4v) is 3.67. The fraction of sp³-hybridized carbons (Fsp3) is 0.294. The summed E-state index contributed by atoms with van der Waals surface area (Å²) in [5.41, 5.74) is 2.58. The van der Waals surface area contributed by atoms with Crippen LogP contribution in [0.2, 0.25) is 10.0 Å². The first-order valence-electron chi connectivity index (χ1n) is 6.98. The predicted molar refractivity (Wildman–Crippen MR) is 94.8 cm³/mol. The van der Waals surface area contributed by atoms with Crippen LogP contribution in [0.1, 0.15) is 24.1 Å². The molecule has 112 valence electrons. The highest BCUT2D eigenvalue weighted by molar-refractivity contribution is 7.99. The Labute approximate surface area is 141 Å². The van der Waals surface area contributed by atoms with Gasteiger partial charge in [0.2, 0.25) is 0 Å². The van der Waals surface area contributed by atoms with E-state index in [4.69, 9.17) is 23.2 Å². The standard InChI is InChI=1S/C17H19Cl2NS/c1-3-20-16(13-6-4-12(2)5-7-13)11-21-17-10-14(18)8-9-15(17)19/h4-10,16,20H,3,11H2,1-2H3. The first-order chi connectivity index (χ1) is 10.1. The molecule has 1 N–H and O–H groups in total. The Morgan fingerprint density at radius 3 is 2.48 bits per heavy atom. The van der Waals surface area contributed by atoms with Crippen LogP contribution in [-0.4, -0.2) is 12.3 Å². The molecule has 0 spiro atoms. The van der Waals surface area contributed by atoms with Crippen molar-refractivity contribution >= 4 is 35.0 Å². The Morgan fingerprint density at radius 1 is 1.10 bits per heavy atom. The van der Waals surface area contributed by atoms with Gasteiger partial charge >= 0.3 is 0 Å². The molecule has 2 rings (SSSR count). The maximum absolute atomic E-state index is 6.22. The number of rotatable bonds is 6. The number of halogens is 2. The molecule has 0 aromatic heterocycles. The number of benzene rings is 2. The van der Waals surface area contributed by atoms with Crippen molar-refractivity contribution in [2.24, 2.45) is 0 Å². The van der Waals surface area contributed by atoms with Crippen LogP contribution in [0.15, 0.2) is 47.4 Å². The molecule has 0 amide bonds. The lowest BCUT2D eigenvalue weighted by Gasteiger charge is -2.18. The van der Waals surface area contributed by atoms with Gasteiger partial charge in [-0.2, -0.15) is 0 Å². The molecule has 1 unspecified atom stereocenters. The zero-order valence-electron chi connectivity index (χ0n) is 12.2. The third-order valence-electron chi connectivity index (χ3n) is 3.23. The summed E-state index contributed by atoms with van der Waals surface area (Å²) in [7, 11) is 0. The number of hydrogen-bond donors (Lipinski definition) is 1. The zero-order chi connectivity index (χ0) is 15.2. The Kier molecular flexibility index (Phi) is 6.43. The Morgan fingerprint density at radius 2 is 1.81 bits per heavy atom. The molecular formula is C17H19Cl2NS. The first-order valence-corrected chi connectivity index (χ1v) is 8.72. The Bertz CT molecular complexity index is 584. The molecule has 21 heavy (non-hydrogen) atoms. The monoisotopic (exact) mass is 339 g/mol. The van der Waals surface area contributed by atoms with E-state index in [0.29, 0.717) is 6.04 Å². The lowest BCUT2D eigenvalue weighted by atomic mass is 10.1. The van der Waals surface area contributed by atoms with Crippen LogP contribution in [0.5, 0.6) is 0 Å². The van der Waals surface area contributed by atoms with Crippen LogP contribution in [0.25, 0.3) is 0 Å². The highest BCUT2D eigenvalue weighted by Gasteiger charge is 2.12. The van der Waals surface area contributed by atoms with Gasteiger partial charge in [-0.3, -0.25) is 0 Å². The average Bonchev–Trinajstić information content (AvgIpc) is 2.48. The van der Waals surface area contributed by atoms with Gasteiger partial charge in [-0.15, -0.1) is 11.8 Å². The van der Waals surface area contributed by atoms with E-state index in [2.05, 4.69) is 43.4 Å². The zero-order valence-corrected chi connectivity index (χ0v) is 14.5. The largest absolute Gasteiger partial charge is 0.309 e. The molecule has 4 heteroatoms. The van der Waals surface area contributed by atoms with E-state index in [1.54, 1.807) is 11.8 Å². The molecule has 0 fully saturated rings. The highest BCUT2D eigenvalue weighted by atomic mass is 35.5. The van der Waals surface area contributed by atoms with Crippen molar-refractivity contribution < 1.29 is 0 Å². The van der Waals surface area contributed by atoms with Crippen molar-refractivity contribution in [3.05, 3.63) is 63.6 Å². The van der Waals surface area contributed by atoms with E-state index in [1.807, 2.05) is 18.2 Å². The highest BCUT2D eigenvalue weighted by Crippen LogP contribution is 2.32. The molecule has 0 aliphatic heterocycles. The van der Waals surface area contributed by atoms with Crippen LogP contribution in [-0.2, 0) is 0 Å². The van der Waals surface area contributed by atoms with Crippen molar-refractivity contribution in [1.29, 1.82) is 0 Å². The minimum Gasteiger partial charge on any atom is -0.309 e. The lowest BCUT2D eigenvalue weighted by molar-refractivity contribution is 0.606. The molecule has 2 aromatic carbocycles. The first kappa shape index (κ1) is 16.7. The third kappa shape index (κ3) is 4.93. The molecule has 0 saturated carbocycles. The van der Waals surface area contributed by atoms with Gasteiger partial charge < -0.3 is 5.32 Å². The minimum absolute atomic E-state index is 0.302. The van der Waals surface area contributed by atoms with Gasteiger partial charge in [0.15, 0.2) is 0 Å². The fourth-order valence-electron chi connectivity index (χ4n) is 2.08. The van der Waals surface area contributed by atoms with Crippen LogP contribution in [0.3, 0.4) is 0 Å². The Hall–Kier alpha value is -0.670.